The second-order valence-electron chi connectivity index (χ2n) is 3.93. The highest BCUT2D eigenvalue weighted by atomic mass is 35.5. The van der Waals surface area contributed by atoms with Gasteiger partial charge in [0.05, 0.1) is 0 Å². The van der Waals surface area contributed by atoms with Crippen molar-refractivity contribution in [3.63, 3.8) is 0 Å². The number of likely N-dealkylation sites (tertiary alicyclic amines) is 1. The molecule has 1 aromatic rings. The number of hydrogen-bond acceptors (Lipinski definition) is 2. The molecule has 0 aliphatic carbocycles. The van der Waals surface area contributed by atoms with Gasteiger partial charge in [-0.25, -0.2) is 0 Å². The Morgan fingerprint density at radius 1 is 1.36 bits per heavy atom. The van der Waals surface area contributed by atoms with Crippen LogP contribution < -0.4 is 5.73 Å². The van der Waals surface area contributed by atoms with Crippen LogP contribution in [0.2, 0.25) is 5.02 Å². The zero-order valence-corrected chi connectivity index (χ0v) is 9.04. The minimum absolute atomic E-state index is 0.251. The van der Waals surface area contributed by atoms with E-state index in [0.29, 0.717) is 6.04 Å². The van der Waals surface area contributed by atoms with Crippen LogP contribution in [0.1, 0.15) is 18.0 Å². The van der Waals surface area contributed by atoms with Gasteiger partial charge in [0.1, 0.15) is 0 Å². The molecule has 2 atom stereocenters. The molecular formula is C11H15ClN2. The Balaban J connectivity index is 2.25. The van der Waals surface area contributed by atoms with Gasteiger partial charge >= 0.3 is 0 Å². The third-order valence-corrected chi connectivity index (χ3v) is 3.16. The Labute approximate surface area is 89.7 Å². The molecule has 0 unspecified atom stereocenters. The summed E-state index contributed by atoms with van der Waals surface area (Å²) in [5.74, 6) is 0. The third kappa shape index (κ3) is 1.78. The molecule has 1 saturated heterocycles. The Kier molecular flexibility index (Phi) is 2.77. The van der Waals surface area contributed by atoms with Crippen molar-refractivity contribution in [1.29, 1.82) is 0 Å². The van der Waals surface area contributed by atoms with Gasteiger partial charge < -0.3 is 5.73 Å². The van der Waals surface area contributed by atoms with E-state index in [-0.39, 0.29) is 6.04 Å². The highest BCUT2D eigenvalue weighted by Gasteiger charge is 2.29. The molecule has 14 heavy (non-hydrogen) atoms. The van der Waals surface area contributed by atoms with Crippen LogP contribution in [0.3, 0.4) is 0 Å². The predicted octanol–water partition coefficient (Wildman–Crippen LogP) is 2.04. The van der Waals surface area contributed by atoms with Gasteiger partial charge in [-0.15, -0.1) is 0 Å². The first-order valence-electron chi connectivity index (χ1n) is 4.90. The molecule has 1 heterocycles. The minimum atomic E-state index is 0.251. The summed E-state index contributed by atoms with van der Waals surface area (Å²) in [6, 6.07) is 8.59. The fourth-order valence-electron chi connectivity index (χ4n) is 2.14. The first kappa shape index (κ1) is 9.97. The van der Waals surface area contributed by atoms with E-state index >= 15 is 0 Å². The van der Waals surface area contributed by atoms with E-state index in [9.17, 15) is 0 Å². The predicted molar refractivity (Wildman–Crippen MR) is 59.4 cm³/mol. The maximum Gasteiger partial charge on any atom is 0.0496 e. The number of rotatable bonds is 1. The molecule has 2 nitrogen and oxygen atoms in total. The number of benzene rings is 1. The van der Waals surface area contributed by atoms with Gasteiger partial charge in [0.25, 0.3) is 0 Å². The summed E-state index contributed by atoms with van der Waals surface area (Å²) in [5.41, 5.74) is 7.33. The fourth-order valence-corrected chi connectivity index (χ4v) is 2.26. The van der Waals surface area contributed by atoms with Crippen LogP contribution in [0.25, 0.3) is 0 Å². The van der Waals surface area contributed by atoms with E-state index in [2.05, 4.69) is 24.1 Å². The molecule has 0 amide bonds. The summed E-state index contributed by atoms with van der Waals surface area (Å²) in [4.78, 5) is 2.30. The standard InChI is InChI=1S/C11H15ClN2/c1-14-7-6-10(13)11(14)8-2-4-9(12)5-3-8/h2-5,10-11H,6-7,13H2,1H3/t10-,11-/m0/s1. The summed E-state index contributed by atoms with van der Waals surface area (Å²) >= 11 is 5.85. The van der Waals surface area contributed by atoms with Crippen molar-refractivity contribution in [2.75, 3.05) is 13.6 Å². The molecule has 2 rings (SSSR count). The minimum Gasteiger partial charge on any atom is -0.326 e. The number of nitrogens with two attached hydrogens (primary N) is 1. The quantitative estimate of drug-likeness (QED) is 0.769. The third-order valence-electron chi connectivity index (χ3n) is 2.91. The lowest BCUT2D eigenvalue weighted by Crippen LogP contribution is -2.29. The van der Waals surface area contributed by atoms with Crippen LogP contribution in [0, 0.1) is 0 Å². The molecule has 1 aromatic carbocycles. The lowest BCUT2D eigenvalue weighted by molar-refractivity contribution is 0.304. The molecule has 0 aromatic heterocycles. The average Bonchev–Trinajstić information content (AvgIpc) is 2.49. The van der Waals surface area contributed by atoms with Crippen molar-refractivity contribution in [1.82, 2.24) is 4.90 Å². The highest BCUT2D eigenvalue weighted by Crippen LogP contribution is 2.29. The number of likely N-dealkylation sites (N-methyl/N-ethyl adjacent to an activating group) is 1. The van der Waals surface area contributed by atoms with Crippen molar-refractivity contribution >= 4 is 11.6 Å². The topological polar surface area (TPSA) is 29.3 Å². The highest BCUT2D eigenvalue weighted by molar-refractivity contribution is 6.30. The summed E-state index contributed by atoms with van der Waals surface area (Å²) in [6.45, 7) is 1.08. The second-order valence-corrected chi connectivity index (χ2v) is 4.37. The van der Waals surface area contributed by atoms with Crippen LogP contribution in [0.5, 0.6) is 0 Å². The number of hydrogen-bond donors (Lipinski definition) is 1. The van der Waals surface area contributed by atoms with Crippen LogP contribution in [0.15, 0.2) is 24.3 Å². The average molecular weight is 211 g/mol. The van der Waals surface area contributed by atoms with E-state index in [1.54, 1.807) is 0 Å². The fraction of sp³-hybridized carbons (Fsp3) is 0.455. The molecule has 1 aliphatic heterocycles. The van der Waals surface area contributed by atoms with Gasteiger partial charge in [0.2, 0.25) is 0 Å². The second kappa shape index (κ2) is 3.89. The summed E-state index contributed by atoms with van der Waals surface area (Å²) in [5, 5.41) is 0.781. The number of halogens is 1. The monoisotopic (exact) mass is 210 g/mol. The first-order valence-corrected chi connectivity index (χ1v) is 5.27. The molecule has 76 valence electrons. The van der Waals surface area contributed by atoms with E-state index in [1.165, 1.54) is 5.56 Å². The van der Waals surface area contributed by atoms with E-state index in [1.807, 2.05) is 12.1 Å². The zero-order valence-electron chi connectivity index (χ0n) is 8.28. The van der Waals surface area contributed by atoms with Crippen LogP contribution in [0.4, 0.5) is 0 Å². The Morgan fingerprint density at radius 3 is 2.50 bits per heavy atom. The van der Waals surface area contributed by atoms with Gasteiger partial charge in [0.15, 0.2) is 0 Å². The maximum atomic E-state index is 6.06. The normalized spacial score (nSPS) is 28.2. The van der Waals surface area contributed by atoms with Gasteiger partial charge in [-0.3, -0.25) is 4.90 Å². The SMILES string of the molecule is CN1CC[C@H](N)[C@@H]1c1ccc(Cl)cc1. The Morgan fingerprint density at radius 2 is 2.00 bits per heavy atom. The molecule has 1 fully saturated rings. The van der Waals surface area contributed by atoms with Gasteiger partial charge in [0, 0.05) is 23.7 Å². The van der Waals surface area contributed by atoms with Crippen LogP contribution in [-0.2, 0) is 0 Å². The lowest BCUT2D eigenvalue weighted by Gasteiger charge is -2.23. The summed E-state index contributed by atoms with van der Waals surface area (Å²) < 4.78 is 0. The van der Waals surface area contributed by atoms with Gasteiger partial charge in [-0.2, -0.15) is 0 Å². The van der Waals surface area contributed by atoms with Crippen molar-refractivity contribution < 1.29 is 0 Å². The summed E-state index contributed by atoms with van der Waals surface area (Å²) in [6.07, 6.45) is 1.07. The van der Waals surface area contributed by atoms with Gasteiger partial charge in [-0.1, -0.05) is 23.7 Å². The molecule has 0 radical (unpaired) electrons. The number of nitrogens with zero attached hydrogens (tertiary/aromatic N) is 1. The van der Waals surface area contributed by atoms with E-state index in [4.69, 9.17) is 17.3 Å². The Hall–Kier alpha value is -0.570. The van der Waals surface area contributed by atoms with Crippen molar-refractivity contribution in [2.24, 2.45) is 5.73 Å². The van der Waals surface area contributed by atoms with Crippen molar-refractivity contribution in [3.8, 4) is 0 Å². The molecule has 0 bridgehead atoms. The van der Waals surface area contributed by atoms with E-state index in [0.717, 1.165) is 18.0 Å². The van der Waals surface area contributed by atoms with E-state index < -0.39 is 0 Å². The molecular weight excluding hydrogens is 196 g/mol. The Bertz CT molecular complexity index is 300. The smallest absolute Gasteiger partial charge is 0.0496 e. The molecule has 0 spiro atoms. The first-order chi connectivity index (χ1) is 6.68. The maximum absolute atomic E-state index is 6.06. The van der Waals surface area contributed by atoms with Crippen LogP contribution in [-0.4, -0.2) is 24.5 Å². The van der Waals surface area contributed by atoms with Crippen molar-refractivity contribution in [2.45, 2.75) is 18.5 Å². The van der Waals surface area contributed by atoms with Crippen LogP contribution >= 0.6 is 11.6 Å². The molecule has 2 N–H and O–H groups in total. The summed E-state index contributed by atoms with van der Waals surface area (Å²) in [7, 11) is 2.12. The lowest BCUT2D eigenvalue weighted by atomic mass is 10.0. The molecule has 3 heteroatoms. The van der Waals surface area contributed by atoms with Gasteiger partial charge in [-0.05, 0) is 31.2 Å². The zero-order chi connectivity index (χ0) is 10.1. The molecule has 1 aliphatic rings. The largest absolute Gasteiger partial charge is 0.326 e. The van der Waals surface area contributed by atoms with Crippen molar-refractivity contribution in [3.05, 3.63) is 34.9 Å². The molecule has 0 saturated carbocycles.